The Labute approximate surface area is 155 Å². The highest BCUT2D eigenvalue weighted by atomic mass is 35.5. The van der Waals surface area contributed by atoms with Crippen LogP contribution in [-0.4, -0.2) is 35.9 Å². The van der Waals surface area contributed by atoms with Crippen molar-refractivity contribution in [2.24, 2.45) is 0 Å². The lowest BCUT2D eigenvalue weighted by Crippen LogP contribution is -2.53. The lowest BCUT2D eigenvalue weighted by molar-refractivity contribution is -0.122. The van der Waals surface area contributed by atoms with Gasteiger partial charge in [-0.25, -0.2) is 0 Å². The topological polar surface area (TPSA) is 32.3 Å². The average molecular weight is 357 g/mol. The maximum absolute atomic E-state index is 12.3. The van der Waals surface area contributed by atoms with Gasteiger partial charge in [0.2, 0.25) is 0 Å². The number of para-hydroxylation sites is 1. The molecule has 0 saturated carbocycles. The van der Waals surface area contributed by atoms with E-state index in [1.54, 1.807) is 6.92 Å². The summed E-state index contributed by atoms with van der Waals surface area (Å²) >= 11 is 5.94. The fraction of sp³-hybridized carbons (Fsp3) is 0.381. The Hall–Kier alpha value is -1.84. The number of piperidine rings is 1. The van der Waals surface area contributed by atoms with Crippen molar-refractivity contribution in [3.05, 3.63) is 65.2 Å². The minimum absolute atomic E-state index is 0.230. The van der Waals surface area contributed by atoms with E-state index in [2.05, 4.69) is 22.3 Å². The molecule has 0 radical (unpaired) electrons. The number of Topliss-reactive ketones (excluding diaryl/α,β-unsaturated/α-hetero) is 1. The zero-order valence-electron chi connectivity index (χ0n) is 14.7. The number of benzene rings is 2. The second-order valence-corrected chi connectivity index (χ2v) is 7.28. The minimum Gasteiger partial charge on any atom is -0.373 e. The molecule has 132 valence electrons. The number of ketones is 1. The summed E-state index contributed by atoms with van der Waals surface area (Å²) in [5.74, 6) is 0.230. The third-order valence-electron chi connectivity index (χ3n) is 5.17. The largest absolute Gasteiger partial charge is 0.373 e. The Morgan fingerprint density at radius 3 is 2.32 bits per heavy atom. The van der Waals surface area contributed by atoms with Gasteiger partial charge in [0.25, 0.3) is 0 Å². The average Bonchev–Trinajstić information content (AvgIpc) is 2.63. The molecule has 0 atom stereocenters. The first-order valence-electron chi connectivity index (χ1n) is 8.88. The van der Waals surface area contributed by atoms with Crippen LogP contribution in [0.3, 0.4) is 0 Å². The molecule has 2 aromatic carbocycles. The maximum atomic E-state index is 12.3. The lowest BCUT2D eigenvalue weighted by atomic mass is 9.83. The molecule has 2 aromatic rings. The molecule has 0 aromatic heterocycles. The molecule has 1 N–H and O–H groups in total. The molecular formula is C21H25ClN2O. The molecule has 4 heteroatoms. The predicted octanol–water partition coefficient (Wildman–Crippen LogP) is 4.42. The van der Waals surface area contributed by atoms with Crippen LogP contribution in [0.5, 0.6) is 0 Å². The Morgan fingerprint density at radius 1 is 1.08 bits per heavy atom. The molecule has 1 aliphatic rings. The van der Waals surface area contributed by atoms with Crippen LogP contribution in [0, 0.1) is 0 Å². The first kappa shape index (κ1) is 18.0. The summed E-state index contributed by atoms with van der Waals surface area (Å²) in [7, 11) is 0. The molecular weight excluding hydrogens is 332 g/mol. The molecule has 25 heavy (non-hydrogen) atoms. The second kappa shape index (κ2) is 8.03. The SMILES string of the molecule is CC(=O)C1(Nc2ccccc2)CCN(CCc2ccc(Cl)cc2)CC1. The number of likely N-dealkylation sites (tertiary alicyclic amines) is 1. The number of nitrogens with zero attached hydrogens (tertiary/aromatic N) is 1. The summed E-state index contributed by atoms with van der Waals surface area (Å²) in [5.41, 5.74) is 1.89. The Bertz CT molecular complexity index is 692. The predicted molar refractivity (Wildman–Crippen MR) is 104 cm³/mol. The van der Waals surface area contributed by atoms with E-state index < -0.39 is 5.54 Å². The number of anilines is 1. The number of halogens is 1. The molecule has 3 rings (SSSR count). The van der Waals surface area contributed by atoms with Gasteiger partial charge in [-0.3, -0.25) is 4.79 Å². The van der Waals surface area contributed by atoms with Crippen molar-refractivity contribution in [2.45, 2.75) is 31.7 Å². The standard InChI is InChI=1S/C21H25ClN2O/c1-17(25)21(23-20-5-3-2-4-6-20)12-15-24(16-13-21)14-11-18-7-9-19(22)10-8-18/h2-10,23H,11-16H2,1H3. The molecule has 1 fully saturated rings. The highest BCUT2D eigenvalue weighted by Crippen LogP contribution is 2.28. The number of rotatable bonds is 6. The summed E-state index contributed by atoms with van der Waals surface area (Å²) in [6, 6.07) is 18.1. The highest BCUT2D eigenvalue weighted by Gasteiger charge is 2.38. The normalized spacial score (nSPS) is 17.2. The van der Waals surface area contributed by atoms with Crippen molar-refractivity contribution in [2.75, 3.05) is 25.0 Å². The van der Waals surface area contributed by atoms with Crippen molar-refractivity contribution in [1.29, 1.82) is 0 Å². The third-order valence-corrected chi connectivity index (χ3v) is 5.42. The van der Waals surface area contributed by atoms with Gasteiger partial charge < -0.3 is 10.2 Å². The monoisotopic (exact) mass is 356 g/mol. The van der Waals surface area contributed by atoms with Gasteiger partial charge in [0.1, 0.15) is 0 Å². The minimum atomic E-state index is -0.432. The van der Waals surface area contributed by atoms with Crippen molar-refractivity contribution in [3.8, 4) is 0 Å². The molecule has 1 aliphatic heterocycles. The van der Waals surface area contributed by atoms with Gasteiger partial charge in [0.15, 0.2) is 5.78 Å². The molecule has 0 aliphatic carbocycles. The maximum Gasteiger partial charge on any atom is 0.155 e. The zero-order valence-corrected chi connectivity index (χ0v) is 15.4. The lowest BCUT2D eigenvalue weighted by Gasteiger charge is -2.41. The molecule has 0 unspecified atom stereocenters. The van der Waals surface area contributed by atoms with E-state index in [1.165, 1.54) is 5.56 Å². The van der Waals surface area contributed by atoms with Crippen LogP contribution in [0.4, 0.5) is 5.69 Å². The fourth-order valence-corrected chi connectivity index (χ4v) is 3.59. The van der Waals surface area contributed by atoms with Gasteiger partial charge in [-0.15, -0.1) is 0 Å². The molecule has 3 nitrogen and oxygen atoms in total. The van der Waals surface area contributed by atoms with Gasteiger partial charge in [-0.1, -0.05) is 41.9 Å². The van der Waals surface area contributed by atoms with Crippen LogP contribution in [0.1, 0.15) is 25.3 Å². The molecule has 1 heterocycles. The van der Waals surface area contributed by atoms with Crippen LogP contribution in [0.15, 0.2) is 54.6 Å². The van der Waals surface area contributed by atoms with E-state index in [0.717, 1.165) is 49.6 Å². The van der Waals surface area contributed by atoms with Gasteiger partial charge in [0, 0.05) is 30.3 Å². The second-order valence-electron chi connectivity index (χ2n) is 6.85. The van der Waals surface area contributed by atoms with Crippen molar-refractivity contribution in [1.82, 2.24) is 4.90 Å². The Morgan fingerprint density at radius 2 is 1.72 bits per heavy atom. The van der Waals surface area contributed by atoms with Crippen LogP contribution in [0.2, 0.25) is 5.02 Å². The van der Waals surface area contributed by atoms with E-state index in [-0.39, 0.29) is 5.78 Å². The van der Waals surface area contributed by atoms with E-state index in [1.807, 2.05) is 42.5 Å². The van der Waals surface area contributed by atoms with Crippen LogP contribution in [0.25, 0.3) is 0 Å². The van der Waals surface area contributed by atoms with Crippen molar-refractivity contribution >= 4 is 23.1 Å². The van der Waals surface area contributed by atoms with Crippen molar-refractivity contribution in [3.63, 3.8) is 0 Å². The van der Waals surface area contributed by atoms with Crippen LogP contribution in [-0.2, 0) is 11.2 Å². The first-order chi connectivity index (χ1) is 12.1. The van der Waals surface area contributed by atoms with Crippen LogP contribution < -0.4 is 5.32 Å². The summed E-state index contributed by atoms with van der Waals surface area (Å²) in [5, 5.41) is 4.28. The Balaban J connectivity index is 1.56. The van der Waals surface area contributed by atoms with Gasteiger partial charge in [-0.2, -0.15) is 0 Å². The zero-order chi connectivity index (χ0) is 17.7. The Kier molecular flexibility index (Phi) is 5.77. The third kappa shape index (κ3) is 4.62. The van der Waals surface area contributed by atoms with E-state index in [0.29, 0.717) is 0 Å². The molecule has 0 spiro atoms. The van der Waals surface area contributed by atoms with Crippen LogP contribution >= 0.6 is 11.6 Å². The summed E-state index contributed by atoms with van der Waals surface area (Å²) in [6.45, 7) is 4.60. The number of nitrogens with one attached hydrogen (secondary N) is 1. The van der Waals surface area contributed by atoms with E-state index >= 15 is 0 Å². The van der Waals surface area contributed by atoms with Gasteiger partial charge >= 0.3 is 0 Å². The van der Waals surface area contributed by atoms with Gasteiger partial charge in [-0.05, 0) is 56.0 Å². The molecule has 0 bridgehead atoms. The highest BCUT2D eigenvalue weighted by molar-refractivity contribution is 6.30. The number of carbonyl (C=O) groups excluding carboxylic acids is 1. The molecule has 0 amide bonds. The quantitative estimate of drug-likeness (QED) is 0.831. The van der Waals surface area contributed by atoms with E-state index in [4.69, 9.17) is 11.6 Å². The van der Waals surface area contributed by atoms with Gasteiger partial charge in [0.05, 0.1) is 5.54 Å². The fourth-order valence-electron chi connectivity index (χ4n) is 3.46. The van der Waals surface area contributed by atoms with E-state index in [9.17, 15) is 4.79 Å². The summed E-state index contributed by atoms with van der Waals surface area (Å²) < 4.78 is 0. The number of hydrogen-bond donors (Lipinski definition) is 1. The summed E-state index contributed by atoms with van der Waals surface area (Å²) in [4.78, 5) is 14.8. The first-order valence-corrected chi connectivity index (χ1v) is 9.26. The van der Waals surface area contributed by atoms with Crippen molar-refractivity contribution < 1.29 is 4.79 Å². The number of carbonyl (C=O) groups is 1. The molecule has 1 saturated heterocycles. The summed E-state index contributed by atoms with van der Waals surface area (Å²) in [6.07, 6.45) is 2.70. The number of hydrogen-bond acceptors (Lipinski definition) is 3. The smallest absolute Gasteiger partial charge is 0.155 e.